The maximum atomic E-state index is 11.9. The fourth-order valence-electron chi connectivity index (χ4n) is 2.22. The van der Waals surface area contributed by atoms with Crippen molar-refractivity contribution >= 4 is 21.7 Å². The van der Waals surface area contributed by atoms with Gasteiger partial charge in [0.2, 0.25) is 0 Å². The molecule has 2 aromatic carbocycles. The first-order chi connectivity index (χ1) is 13.7. The molecule has 29 heavy (non-hydrogen) atoms. The Labute approximate surface area is 165 Å². The zero-order valence-electron chi connectivity index (χ0n) is 15.3. The Morgan fingerprint density at radius 2 is 1.69 bits per heavy atom. The maximum Gasteiger partial charge on any atom is 0.523 e. The molecule has 0 saturated heterocycles. The third-order valence-electron chi connectivity index (χ3n) is 3.64. The van der Waals surface area contributed by atoms with Crippen LogP contribution in [0.1, 0.15) is 5.56 Å². The van der Waals surface area contributed by atoms with Crippen molar-refractivity contribution in [2.45, 2.75) is 12.1 Å². The minimum atomic E-state index is -5.34. The molecule has 158 valence electrons. The van der Waals surface area contributed by atoms with Gasteiger partial charge in [0.15, 0.2) is 6.61 Å². The minimum absolute atomic E-state index is 0.0612. The second-order valence-electron chi connectivity index (χ2n) is 5.61. The summed E-state index contributed by atoms with van der Waals surface area (Å²) in [5.74, 6) is 0.632. The van der Waals surface area contributed by atoms with E-state index in [1.807, 2.05) is 54.6 Å². The number of anilines is 1. The quantitative estimate of drug-likeness (QED) is 0.533. The maximum absolute atomic E-state index is 11.9. The molecule has 11 heteroatoms. The molecular weight excluding hydrogens is 415 g/mol. The highest BCUT2D eigenvalue weighted by atomic mass is 32.2. The number of fused-ring (bicyclic) bond motifs is 1. The second-order valence-corrected chi connectivity index (χ2v) is 7.31. The van der Waals surface area contributed by atoms with Crippen molar-refractivity contribution in [1.29, 1.82) is 0 Å². The molecule has 7 nitrogen and oxygen atoms in total. The number of rotatable bonds is 5. The van der Waals surface area contributed by atoms with Crippen LogP contribution in [-0.4, -0.2) is 40.3 Å². The van der Waals surface area contributed by atoms with E-state index in [9.17, 15) is 26.4 Å². The zero-order chi connectivity index (χ0) is 21.5. The van der Waals surface area contributed by atoms with Gasteiger partial charge in [-0.15, -0.1) is 0 Å². The molecule has 0 N–H and O–H groups in total. The highest BCUT2D eigenvalue weighted by Gasteiger charge is 2.46. The van der Waals surface area contributed by atoms with Crippen LogP contribution in [0.3, 0.4) is 0 Å². The molecule has 1 aliphatic rings. The summed E-state index contributed by atoms with van der Waals surface area (Å²) in [6.45, 7) is 0.771. The summed E-state index contributed by atoms with van der Waals surface area (Å²) in [4.78, 5) is 13.5. The van der Waals surface area contributed by atoms with E-state index in [2.05, 4.69) is 4.18 Å². The first kappa shape index (κ1) is 22.7. The normalized spacial score (nSPS) is 13.8. The van der Waals surface area contributed by atoms with Crippen LogP contribution in [0.25, 0.3) is 0 Å². The van der Waals surface area contributed by atoms with Crippen molar-refractivity contribution in [3.8, 4) is 5.75 Å². The Kier molecular flexibility index (Phi) is 7.59. The SMILES string of the molecule is COS(=O)(=O)C(F)(F)F.O=C1COc2ccccc2N1COCc1ccccc1. The van der Waals surface area contributed by atoms with E-state index in [-0.39, 0.29) is 19.2 Å². The molecule has 0 spiro atoms. The molecule has 0 unspecified atom stereocenters. The Hall–Kier alpha value is -2.63. The molecule has 0 fully saturated rings. The van der Waals surface area contributed by atoms with E-state index in [4.69, 9.17) is 9.47 Å². The standard InChI is InChI=1S/C16H15NO3.C2H3F3O3S/c18-16-11-20-15-9-5-4-8-14(15)17(16)12-19-10-13-6-2-1-3-7-13;1-8-9(6,7)2(3,4)5/h1-9H,10-12H2;1H3. The molecule has 0 saturated carbocycles. The van der Waals surface area contributed by atoms with E-state index >= 15 is 0 Å². The molecule has 0 aromatic heterocycles. The highest BCUT2D eigenvalue weighted by molar-refractivity contribution is 7.87. The third kappa shape index (κ3) is 6.17. The lowest BCUT2D eigenvalue weighted by molar-refractivity contribution is -0.122. The average Bonchev–Trinajstić information content (AvgIpc) is 2.70. The van der Waals surface area contributed by atoms with E-state index in [0.717, 1.165) is 17.0 Å². The number of amides is 1. The van der Waals surface area contributed by atoms with Gasteiger partial charge in [0, 0.05) is 0 Å². The lowest BCUT2D eigenvalue weighted by Gasteiger charge is -2.28. The van der Waals surface area contributed by atoms with Gasteiger partial charge in [-0.05, 0) is 17.7 Å². The number of para-hydroxylation sites is 2. The first-order valence-electron chi connectivity index (χ1n) is 8.16. The number of carbonyl (C=O) groups excluding carboxylic acids is 1. The zero-order valence-corrected chi connectivity index (χ0v) is 16.1. The molecule has 1 aliphatic heterocycles. The molecule has 1 amide bonds. The molecular formula is C18H18F3NO6S. The van der Waals surface area contributed by atoms with Crippen molar-refractivity contribution in [3.63, 3.8) is 0 Å². The monoisotopic (exact) mass is 433 g/mol. The van der Waals surface area contributed by atoms with E-state index in [1.54, 1.807) is 4.90 Å². The van der Waals surface area contributed by atoms with Crippen LogP contribution >= 0.6 is 0 Å². The Balaban J connectivity index is 0.000000284. The smallest absolute Gasteiger partial charge is 0.482 e. The largest absolute Gasteiger partial charge is 0.523 e. The second kappa shape index (κ2) is 9.72. The number of ether oxygens (including phenoxy) is 2. The number of alkyl halides is 3. The predicted octanol–water partition coefficient (Wildman–Crippen LogP) is 3.07. The molecule has 2 aromatic rings. The highest BCUT2D eigenvalue weighted by Crippen LogP contribution is 2.31. The van der Waals surface area contributed by atoms with E-state index < -0.39 is 15.6 Å². The van der Waals surface area contributed by atoms with Gasteiger partial charge >= 0.3 is 15.6 Å². The number of carbonyl (C=O) groups is 1. The van der Waals surface area contributed by atoms with Crippen LogP contribution in [0.15, 0.2) is 54.6 Å². The van der Waals surface area contributed by atoms with Gasteiger partial charge in [-0.25, -0.2) is 0 Å². The Bertz CT molecular complexity index is 919. The number of halogens is 3. The van der Waals surface area contributed by atoms with E-state index in [1.165, 1.54) is 0 Å². The number of benzene rings is 2. The lowest BCUT2D eigenvalue weighted by Crippen LogP contribution is -2.40. The molecule has 1 heterocycles. The van der Waals surface area contributed by atoms with Crippen LogP contribution in [0, 0.1) is 0 Å². The molecule has 0 atom stereocenters. The van der Waals surface area contributed by atoms with Crippen LogP contribution < -0.4 is 9.64 Å². The van der Waals surface area contributed by atoms with Crippen LogP contribution in [0.2, 0.25) is 0 Å². The van der Waals surface area contributed by atoms with E-state index in [0.29, 0.717) is 13.7 Å². The van der Waals surface area contributed by atoms with Crippen molar-refractivity contribution in [1.82, 2.24) is 0 Å². The van der Waals surface area contributed by atoms with Crippen molar-refractivity contribution in [2.24, 2.45) is 0 Å². The Morgan fingerprint density at radius 3 is 2.28 bits per heavy atom. The summed E-state index contributed by atoms with van der Waals surface area (Å²) in [5, 5.41) is 0. The molecule has 3 rings (SSSR count). The Morgan fingerprint density at radius 1 is 1.07 bits per heavy atom. The van der Waals surface area contributed by atoms with Gasteiger partial charge in [0.1, 0.15) is 12.5 Å². The summed E-state index contributed by atoms with van der Waals surface area (Å²) >= 11 is 0. The van der Waals surface area contributed by atoms with Crippen LogP contribution in [-0.2, 0) is 30.4 Å². The molecule has 0 bridgehead atoms. The van der Waals surface area contributed by atoms with Crippen molar-refractivity contribution in [2.75, 3.05) is 25.3 Å². The number of hydrogen-bond donors (Lipinski definition) is 0. The van der Waals surface area contributed by atoms with Gasteiger partial charge in [-0.1, -0.05) is 42.5 Å². The summed E-state index contributed by atoms with van der Waals surface area (Å²) in [7, 11) is -4.89. The van der Waals surface area contributed by atoms with Crippen LogP contribution in [0.5, 0.6) is 5.75 Å². The summed E-state index contributed by atoms with van der Waals surface area (Å²) < 4.78 is 66.9. The number of nitrogens with zero attached hydrogens (tertiary/aromatic N) is 1. The molecule has 0 aliphatic carbocycles. The minimum Gasteiger partial charge on any atom is -0.482 e. The topological polar surface area (TPSA) is 82.1 Å². The van der Waals surface area contributed by atoms with Gasteiger partial charge in [-0.2, -0.15) is 21.6 Å². The fourth-order valence-corrected chi connectivity index (χ4v) is 2.41. The summed E-state index contributed by atoms with van der Waals surface area (Å²) in [5.41, 5.74) is -3.46. The average molecular weight is 433 g/mol. The summed E-state index contributed by atoms with van der Waals surface area (Å²) in [6.07, 6.45) is 0. The van der Waals surface area contributed by atoms with Gasteiger partial charge in [0.05, 0.1) is 19.4 Å². The predicted molar refractivity (Wildman–Crippen MR) is 97.5 cm³/mol. The fraction of sp³-hybridized carbons (Fsp3) is 0.278. The molecule has 0 radical (unpaired) electrons. The van der Waals surface area contributed by atoms with Gasteiger partial charge in [0.25, 0.3) is 5.91 Å². The first-order valence-corrected chi connectivity index (χ1v) is 9.57. The number of hydrogen-bond acceptors (Lipinski definition) is 6. The van der Waals surface area contributed by atoms with Gasteiger partial charge in [-0.3, -0.25) is 13.9 Å². The van der Waals surface area contributed by atoms with Crippen molar-refractivity contribution in [3.05, 3.63) is 60.2 Å². The van der Waals surface area contributed by atoms with Crippen molar-refractivity contribution < 1.29 is 40.0 Å². The van der Waals surface area contributed by atoms with Crippen LogP contribution in [0.4, 0.5) is 18.9 Å². The summed E-state index contributed by atoms with van der Waals surface area (Å²) in [6, 6.07) is 17.4. The lowest BCUT2D eigenvalue weighted by atomic mass is 10.2. The third-order valence-corrected chi connectivity index (χ3v) is 4.65. The van der Waals surface area contributed by atoms with Gasteiger partial charge < -0.3 is 9.47 Å².